The highest BCUT2D eigenvalue weighted by atomic mass is 32.2. The topological polar surface area (TPSA) is 119 Å². The number of H-pyrrole nitrogens is 1. The Balaban J connectivity index is 1.86. The third kappa shape index (κ3) is 4.54. The van der Waals surface area contributed by atoms with Gasteiger partial charge in [-0.3, -0.25) is 14.2 Å². The number of nitrogens with zero attached hydrogens (tertiary/aromatic N) is 3. The molecule has 0 bridgehead atoms. The van der Waals surface area contributed by atoms with E-state index in [4.69, 9.17) is 4.74 Å². The molecule has 0 aliphatic rings. The van der Waals surface area contributed by atoms with Crippen molar-refractivity contribution in [3.63, 3.8) is 0 Å². The summed E-state index contributed by atoms with van der Waals surface area (Å²) < 4.78 is 36.1. The summed E-state index contributed by atoms with van der Waals surface area (Å²) in [5, 5.41) is 4.44. The number of aromatic amines is 1. The van der Waals surface area contributed by atoms with Gasteiger partial charge in [-0.25, -0.2) is 13.4 Å². The molecule has 34 heavy (non-hydrogen) atoms. The second kappa shape index (κ2) is 9.30. The molecule has 4 aromatic rings. The Bertz CT molecular complexity index is 1520. The minimum Gasteiger partial charge on any atom is -0.493 e. The normalized spacial score (nSPS) is 11.6. The number of ether oxygens (including phenoxy) is 1. The molecule has 0 radical (unpaired) electrons. The lowest BCUT2D eigenvalue weighted by Crippen LogP contribution is -2.15. The lowest BCUT2D eigenvalue weighted by atomic mass is 10.1. The number of rotatable bonds is 8. The van der Waals surface area contributed by atoms with Gasteiger partial charge < -0.3 is 9.72 Å². The summed E-state index contributed by atoms with van der Waals surface area (Å²) in [5.74, 6) is 0.638. The van der Waals surface area contributed by atoms with Crippen LogP contribution in [-0.2, 0) is 23.5 Å². The van der Waals surface area contributed by atoms with Crippen LogP contribution in [0.3, 0.4) is 0 Å². The summed E-state index contributed by atoms with van der Waals surface area (Å²) in [6.07, 6.45) is 1.51. The summed E-state index contributed by atoms with van der Waals surface area (Å²) in [6, 6.07) is 11.6. The van der Waals surface area contributed by atoms with E-state index in [1.165, 1.54) is 16.8 Å². The molecule has 0 fully saturated rings. The highest BCUT2D eigenvalue weighted by Crippen LogP contribution is 2.32. The van der Waals surface area contributed by atoms with Gasteiger partial charge in [-0.1, -0.05) is 25.5 Å². The van der Waals surface area contributed by atoms with Crippen molar-refractivity contribution in [1.82, 2.24) is 19.7 Å². The van der Waals surface area contributed by atoms with Gasteiger partial charge in [-0.05, 0) is 56.2 Å². The van der Waals surface area contributed by atoms with Crippen LogP contribution in [0.15, 0.2) is 52.2 Å². The Morgan fingerprint density at radius 1 is 1.15 bits per heavy atom. The van der Waals surface area contributed by atoms with E-state index in [2.05, 4.69) is 19.8 Å². The Morgan fingerprint density at radius 2 is 1.94 bits per heavy atom. The first-order valence-corrected chi connectivity index (χ1v) is 12.5. The first-order valence-electron chi connectivity index (χ1n) is 11.1. The first-order chi connectivity index (χ1) is 16.2. The Kier molecular flexibility index (Phi) is 6.43. The van der Waals surface area contributed by atoms with Crippen molar-refractivity contribution in [2.45, 2.75) is 38.5 Å². The number of fused-ring (bicyclic) bond motifs is 1. The lowest BCUT2D eigenvalue weighted by Gasteiger charge is -2.13. The van der Waals surface area contributed by atoms with Gasteiger partial charge >= 0.3 is 0 Å². The Hall–Kier alpha value is -3.66. The maximum absolute atomic E-state index is 13.1. The summed E-state index contributed by atoms with van der Waals surface area (Å²) >= 11 is 0. The SMILES string of the molecule is CCCc1nn(C)c2c(=O)[nH]c(-c3cc(S(=O)(=O)Nc4cccc(C)c4)ccc3OCC)nc12. The minimum absolute atomic E-state index is 0.0233. The molecular weight excluding hydrogens is 454 g/mol. The number of nitrogens with one attached hydrogen (secondary N) is 2. The molecule has 10 heteroatoms. The van der Waals surface area contributed by atoms with E-state index in [1.54, 1.807) is 31.3 Å². The predicted molar refractivity (Wildman–Crippen MR) is 132 cm³/mol. The van der Waals surface area contributed by atoms with E-state index >= 15 is 0 Å². The Labute approximate surface area is 197 Å². The van der Waals surface area contributed by atoms with E-state index in [-0.39, 0.29) is 16.3 Å². The number of hydrogen-bond acceptors (Lipinski definition) is 6. The second-order valence-corrected chi connectivity index (χ2v) is 9.68. The largest absolute Gasteiger partial charge is 0.493 e. The molecular formula is C24H27N5O4S. The number of aryl methyl sites for hydroxylation is 3. The van der Waals surface area contributed by atoms with Crippen molar-refractivity contribution in [3.05, 3.63) is 64.1 Å². The van der Waals surface area contributed by atoms with Gasteiger partial charge in [0.2, 0.25) is 0 Å². The van der Waals surface area contributed by atoms with E-state index < -0.39 is 10.0 Å². The van der Waals surface area contributed by atoms with Gasteiger partial charge in [0, 0.05) is 12.7 Å². The molecule has 2 aromatic carbocycles. The zero-order valence-electron chi connectivity index (χ0n) is 19.5. The summed E-state index contributed by atoms with van der Waals surface area (Å²) in [7, 11) is -2.20. The molecule has 0 unspecified atom stereocenters. The Morgan fingerprint density at radius 3 is 2.65 bits per heavy atom. The van der Waals surface area contributed by atoms with Crippen LogP contribution in [0.1, 0.15) is 31.5 Å². The zero-order valence-corrected chi connectivity index (χ0v) is 20.4. The predicted octanol–water partition coefficient (Wildman–Crippen LogP) is 3.78. The van der Waals surface area contributed by atoms with E-state index in [9.17, 15) is 13.2 Å². The van der Waals surface area contributed by atoms with Crippen molar-refractivity contribution in [2.75, 3.05) is 11.3 Å². The van der Waals surface area contributed by atoms with Crippen LogP contribution in [0.5, 0.6) is 5.75 Å². The maximum atomic E-state index is 13.1. The summed E-state index contributed by atoms with van der Waals surface area (Å²) in [5.41, 5.74) is 3.00. The van der Waals surface area contributed by atoms with E-state index in [0.717, 1.165) is 17.7 Å². The zero-order chi connectivity index (χ0) is 24.5. The molecule has 4 rings (SSSR count). The smallest absolute Gasteiger partial charge is 0.277 e. The van der Waals surface area contributed by atoms with Gasteiger partial charge in [0.15, 0.2) is 5.52 Å². The number of sulfonamides is 1. The van der Waals surface area contributed by atoms with Crippen molar-refractivity contribution in [1.29, 1.82) is 0 Å². The fourth-order valence-corrected chi connectivity index (χ4v) is 4.92. The molecule has 0 saturated carbocycles. The molecule has 2 N–H and O–H groups in total. The second-order valence-electron chi connectivity index (χ2n) is 8.00. The fourth-order valence-electron chi connectivity index (χ4n) is 3.84. The monoisotopic (exact) mass is 481 g/mol. The van der Waals surface area contributed by atoms with Crippen molar-refractivity contribution >= 4 is 26.7 Å². The third-order valence-corrected chi connectivity index (χ3v) is 6.71. The molecule has 0 amide bonds. The van der Waals surface area contributed by atoms with Crippen LogP contribution < -0.4 is 15.0 Å². The third-order valence-electron chi connectivity index (χ3n) is 5.34. The van der Waals surface area contributed by atoms with Crippen molar-refractivity contribution < 1.29 is 13.2 Å². The van der Waals surface area contributed by atoms with Gasteiger partial charge in [-0.15, -0.1) is 0 Å². The van der Waals surface area contributed by atoms with Gasteiger partial charge in [0.05, 0.1) is 22.8 Å². The molecule has 0 aliphatic carbocycles. The first kappa shape index (κ1) is 23.5. The summed E-state index contributed by atoms with van der Waals surface area (Å²) in [6.45, 7) is 6.10. The molecule has 9 nitrogen and oxygen atoms in total. The quantitative estimate of drug-likeness (QED) is 0.395. The molecule has 2 aromatic heterocycles. The van der Waals surface area contributed by atoms with Crippen LogP contribution in [0, 0.1) is 6.92 Å². The minimum atomic E-state index is -3.90. The lowest BCUT2D eigenvalue weighted by molar-refractivity contribution is 0.341. The van der Waals surface area contributed by atoms with Crippen LogP contribution in [0.25, 0.3) is 22.4 Å². The highest BCUT2D eigenvalue weighted by molar-refractivity contribution is 7.92. The van der Waals surface area contributed by atoms with E-state index in [1.807, 2.05) is 26.8 Å². The number of aromatic nitrogens is 4. The van der Waals surface area contributed by atoms with Crippen LogP contribution in [-0.4, -0.2) is 34.8 Å². The standard InChI is InChI=1S/C24H27N5O4S/c1-5-8-19-21-22(29(4)27-19)24(30)26-23(25-21)18-14-17(11-12-20(18)33-6-2)34(31,32)28-16-10-7-9-15(3)13-16/h7,9-14,28H,5-6,8H2,1-4H3,(H,25,26,30). The van der Waals surface area contributed by atoms with Crippen LogP contribution in [0.4, 0.5) is 5.69 Å². The number of hydrogen-bond donors (Lipinski definition) is 2. The summed E-state index contributed by atoms with van der Waals surface area (Å²) in [4.78, 5) is 20.4. The molecule has 0 spiro atoms. The molecule has 178 valence electrons. The molecule has 2 heterocycles. The van der Waals surface area contributed by atoms with Gasteiger partial charge in [0.25, 0.3) is 15.6 Å². The van der Waals surface area contributed by atoms with E-state index in [0.29, 0.717) is 41.1 Å². The average Bonchev–Trinajstić information content (AvgIpc) is 3.09. The highest BCUT2D eigenvalue weighted by Gasteiger charge is 2.21. The van der Waals surface area contributed by atoms with Gasteiger partial charge in [0.1, 0.15) is 17.1 Å². The molecule has 0 saturated heterocycles. The molecule has 0 atom stereocenters. The van der Waals surface area contributed by atoms with Crippen molar-refractivity contribution in [2.24, 2.45) is 7.05 Å². The number of benzene rings is 2. The van der Waals surface area contributed by atoms with Crippen molar-refractivity contribution in [3.8, 4) is 17.1 Å². The molecule has 0 aliphatic heterocycles. The van der Waals surface area contributed by atoms with Crippen LogP contribution >= 0.6 is 0 Å². The maximum Gasteiger partial charge on any atom is 0.277 e. The van der Waals surface area contributed by atoms with Crippen LogP contribution in [0.2, 0.25) is 0 Å². The average molecular weight is 482 g/mol. The number of anilines is 1. The fraction of sp³-hybridized carbons (Fsp3) is 0.292. The van der Waals surface area contributed by atoms with Gasteiger partial charge in [-0.2, -0.15) is 5.10 Å².